The van der Waals surface area contributed by atoms with Crippen molar-refractivity contribution in [3.8, 4) is 11.5 Å². The Morgan fingerprint density at radius 2 is 1.27 bits per heavy atom. The molecule has 0 atom stereocenters. The summed E-state index contributed by atoms with van der Waals surface area (Å²) in [7, 11) is -0.422. The molecule has 0 saturated heterocycles. The summed E-state index contributed by atoms with van der Waals surface area (Å²) in [5, 5.41) is 0. The molecule has 3 aromatic rings. The van der Waals surface area contributed by atoms with Gasteiger partial charge in [-0.05, 0) is 77.9 Å². The van der Waals surface area contributed by atoms with Crippen LogP contribution in [0.5, 0.6) is 11.5 Å². The summed E-state index contributed by atoms with van der Waals surface area (Å²) in [6.07, 6.45) is 0. The normalized spacial score (nSPS) is 11.8. The third kappa shape index (κ3) is 7.29. The molecular weight excluding hydrogens is 432 g/mol. The predicted octanol–water partition coefficient (Wildman–Crippen LogP) is 6.68. The van der Waals surface area contributed by atoms with Gasteiger partial charge in [-0.15, -0.1) is 0 Å². The molecule has 0 aliphatic rings. The van der Waals surface area contributed by atoms with E-state index in [1.54, 1.807) is 0 Å². The van der Waals surface area contributed by atoms with Crippen LogP contribution in [0.25, 0.3) is 0 Å². The summed E-state index contributed by atoms with van der Waals surface area (Å²) in [6.45, 7) is 11.3. The first-order chi connectivity index (χ1) is 15.5. The first-order valence-corrected chi connectivity index (χ1v) is 12.3. The van der Waals surface area contributed by atoms with E-state index in [1.165, 1.54) is 9.79 Å². The highest BCUT2D eigenvalue weighted by molar-refractivity contribution is 7.97. The van der Waals surface area contributed by atoms with Crippen LogP contribution in [0.3, 0.4) is 0 Å². The zero-order chi connectivity index (χ0) is 24.1. The third-order valence-electron chi connectivity index (χ3n) is 4.29. The summed E-state index contributed by atoms with van der Waals surface area (Å²) in [6, 6.07) is 26.6. The predicted molar refractivity (Wildman–Crippen MR) is 133 cm³/mol. The molecule has 0 aliphatic carbocycles. The second kappa shape index (κ2) is 10.3. The maximum absolute atomic E-state index is 12.3. The summed E-state index contributed by atoms with van der Waals surface area (Å²) in [4.78, 5) is 15.7. The Kier molecular flexibility index (Phi) is 7.75. The Hall–Kier alpha value is -2.92. The Balaban J connectivity index is 2.07. The van der Waals surface area contributed by atoms with Crippen molar-refractivity contribution in [3.63, 3.8) is 0 Å². The van der Waals surface area contributed by atoms with Crippen molar-refractivity contribution in [3.05, 3.63) is 78.9 Å². The second-order valence-corrected chi connectivity index (χ2v) is 11.6. The number of carbonyl (C=O) groups excluding carboxylic acids is 1. The third-order valence-corrected chi connectivity index (χ3v) is 6.54. The van der Waals surface area contributed by atoms with Crippen LogP contribution in [0.1, 0.15) is 41.5 Å². The van der Waals surface area contributed by atoms with Gasteiger partial charge in [0.05, 0.1) is 0 Å². The van der Waals surface area contributed by atoms with Crippen molar-refractivity contribution < 1.29 is 19.0 Å². The molecular formula is C28H33O4S+. The molecule has 0 spiro atoms. The largest absolute Gasteiger partial charge is 0.480 e. The van der Waals surface area contributed by atoms with Gasteiger partial charge >= 0.3 is 5.97 Å². The Labute approximate surface area is 200 Å². The number of ether oxygens (including phenoxy) is 3. The molecule has 0 aliphatic heterocycles. The van der Waals surface area contributed by atoms with Gasteiger partial charge in [-0.25, -0.2) is 4.79 Å². The molecule has 0 amide bonds. The quantitative estimate of drug-likeness (QED) is 0.288. The molecule has 0 aromatic heterocycles. The molecule has 33 heavy (non-hydrogen) atoms. The highest BCUT2D eigenvalue weighted by Crippen LogP contribution is 2.43. The minimum Gasteiger partial charge on any atom is -0.480 e. The number of para-hydroxylation sites is 1. The zero-order valence-corrected chi connectivity index (χ0v) is 21.1. The monoisotopic (exact) mass is 465 g/mol. The van der Waals surface area contributed by atoms with E-state index >= 15 is 0 Å². The minimum atomic E-state index is -0.569. The molecule has 174 valence electrons. The molecule has 4 nitrogen and oxygen atoms in total. The SMILES string of the molecule is CC(C)(C)OC(=O)COc1cccc([S+](c2ccccc2)c2ccccc2)c1OC(C)(C)C. The maximum atomic E-state index is 12.3. The van der Waals surface area contributed by atoms with E-state index in [4.69, 9.17) is 14.2 Å². The van der Waals surface area contributed by atoms with Crippen LogP contribution in [-0.2, 0) is 20.4 Å². The van der Waals surface area contributed by atoms with Crippen LogP contribution < -0.4 is 9.47 Å². The van der Waals surface area contributed by atoms with Crippen molar-refractivity contribution >= 4 is 16.9 Å². The van der Waals surface area contributed by atoms with Gasteiger partial charge < -0.3 is 14.2 Å². The summed E-state index contributed by atoms with van der Waals surface area (Å²) >= 11 is 0. The van der Waals surface area contributed by atoms with Crippen molar-refractivity contribution in [1.29, 1.82) is 0 Å². The number of esters is 1. The fourth-order valence-corrected chi connectivity index (χ4v) is 5.37. The molecule has 0 radical (unpaired) electrons. The van der Waals surface area contributed by atoms with Crippen molar-refractivity contribution in [1.82, 2.24) is 0 Å². The van der Waals surface area contributed by atoms with Crippen LogP contribution in [-0.4, -0.2) is 23.8 Å². The number of hydrogen-bond donors (Lipinski definition) is 0. The topological polar surface area (TPSA) is 44.8 Å². The van der Waals surface area contributed by atoms with E-state index in [9.17, 15) is 4.79 Å². The highest BCUT2D eigenvalue weighted by atomic mass is 32.2. The molecule has 0 N–H and O–H groups in total. The lowest BCUT2D eigenvalue weighted by Gasteiger charge is -2.25. The molecule has 3 rings (SSSR count). The van der Waals surface area contributed by atoms with Gasteiger partial charge in [-0.1, -0.05) is 42.5 Å². The van der Waals surface area contributed by atoms with E-state index in [1.807, 2.05) is 90.1 Å². The lowest BCUT2D eigenvalue weighted by Crippen LogP contribution is -2.28. The van der Waals surface area contributed by atoms with Crippen LogP contribution >= 0.6 is 0 Å². The van der Waals surface area contributed by atoms with Crippen LogP contribution in [0, 0.1) is 0 Å². The summed E-state index contributed by atoms with van der Waals surface area (Å²) in [5.74, 6) is 0.752. The standard InChI is InChI=1S/C28H33O4S/c1-27(2,3)31-25(29)20-30-23-18-13-19-24(26(23)32-28(4,5)6)33(21-14-9-7-10-15-21)22-16-11-8-12-17-22/h7-19H,20H2,1-6H3/q+1. The van der Waals surface area contributed by atoms with Crippen LogP contribution in [0.2, 0.25) is 0 Å². The smallest absolute Gasteiger partial charge is 0.344 e. The average molecular weight is 466 g/mol. The van der Waals surface area contributed by atoms with Gasteiger partial charge in [0.15, 0.2) is 22.1 Å². The fraction of sp³-hybridized carbons (Fsp3) is 0.321. The fourth-order valence-electron chi connectivity index (χ4n) is 3.19. The molecule has 0 unspecified atom stereocenters. The van der Waals surface area contributed by atoms with E-state index in [0.717, 1.165) is 4.90 Å². The van der Waals surface area contributed by atoms with Crippen LogP contribution in [0.4, 0.5) is 0 Å². The molecule has 0 heterocycles. The average Bonchev–Trinajstić information content (AvgIpc) is 2.73. The van der Waals surface area contributed by atoms with Gasteiger partial charge in [-0.2, -0.15) is 0 Å². The number of benzene rings is 3. The van der Waals surface area contributed by atoms with Gasteiger partial charge in [0.25, 0.3) is 0 Å². The molecule has 3 aromatic carbocycles. The number of rotatable bonds is 7. The molecule has 0 fully saturated rings. The lowest BCUT2D eigenvalue weighted by molar-refractivity contribution is -0.157. The lowest BCUT2D eigenvalue weighted by atomic mass is 10.2. The summed E-state index contributed by atoms with van der Waals surface area (Å²) in [5.41, 5.74) is -1.03. The van der Waals surface area contributed by atoms with Crippen molar-refractivity contribution in [2.24, 2.45) is 0 Å². The van der Waals surface area contributed by atoms with E-state index in [-0.39, 0.29) is 6.61 Å². The van der Waals surface area contributed by atoms with Crippen LogP contribution in [0.15, 0.2) is 93.5 Å². The molecule has 0 bridgehead atoms. The van der Waals surface area contributed by atoms with Gasteiger partial charge in [0.1, 0.15) is 22.1 Å². The first-order valence-electron chi connectivity index (χ1n) is 11.0. The highest BCUT2D eigenvalue weighted by Gasteiger charge is 2.35. The Morgan fingerprint density at radius 1 is 0.727 bits per heavy atom. The number of hydrogen-bond acceptors (Lipinski definition) is 4. The van der Waals surface area contributed by atoms with E-state index in [0.29, 0.717) is 11.5 Å². The van der Waals surface area contributed by atoms with Gasteiger partial charge in [-0.3, -0.25) is 0 Å². The van der Waals surface area contributed by atoms with E-state index in [2.05, 4.69) is 30.3 Å². The minimum absolute atomic E-state index is 0.189. The first kappa shape index (κ1) is 24.7. The number of carbonyl (C=O) groups is 1. The molecule has 5 heteroatoms. The summed E-state index contributed by atoms with van der Waals surface area (Å²) < 4.78 is 17.8. The van der Waals surface area contributed by atoms with Crippen molar-refractivity contribution in [2.75, 3.05) is 6.61 Å². The van der Waals surface area contributed by atoms with E-state index < -0.39 is 28.1 Å². The van der Waals surface area contributed by atoms with Crippen molar-refractivity contribution in [2.45, 2.75) is 67.4 Å². The Morgan fingerprint density at radius 3 is 1.76 bits per heavy atom. The maximum Gasteiger partial charge on any atom is 0.344 e. The second-order valence-electron chi connectivity index (χ2n) is 9.61. The van der Waals surface area contributed by atoms with Gasteiger partial charge in [0, 0.05) is 0 Å². The Bertz CT molecular complexity index is 1010. The zero-order valence-electron chi connectivity index (χ0n) is 20.3. The molecule has 0 saturated carbocycles. The van der Waals surface area contributed by atoms with Gasteiger partial charge in [0.2, 0.25) is 10.6 Å².